The summed E-state index contributed by atoms with van der Waals surface area (Å²) in [6, 6.07) is 0. The Labute approximate surface area is 84.3 Å². The van der Waals surface area contributed by atoms with Gasteiger partial charge in [-0.05, 0) is 13.3 Å². The predicted molar refractivity (Wildman–Crippen MR) is 53.2 cm³/mol. The van der Waals surface area contributed by atoms with E-state index in [9.17, 15) is 13.5 Å². The maximum absolute atomic E-state index is 10.9. The van der Waals surface area contributed by atoms with Crippen LogP contribution in [0.2, 0.25) is 0 Å². The van der Waals surface area contributed by atoms with Gasteiger partial charge in [0.2, 0.25) is 10.0 Å². The molecule has 1 atom stereocenters. The second-order valence-corrected chi connectivity index (χ2v) is 5.68. The Balaban J connectivity index is 4.01. The van der Waals surface area contributed by atoms with Crippen molar-refractivity contribution in [1.29, 1.82) is 0 Å². The molecule has 1 unspecified atom stereocenters. The molecule has 0 amide bonds. The standard InChI is InChI=1S/C7H16ClNO3S/c1-3-4-7(2,10)5-9-13(11,12)6-8/h9-10H,3-6H2,1-2H3. The van der Waals surface area contributed by atoms with Crippen molar-refractivity contribution in [1.82, 2.24) is 4.72 Å². The van der Waals surface area contributed by atoms with Crippen molar-refractivity contribution in [2.75, 3.05) is 11.8 Å². The van der Waals surface area contributed by atoms with Gasteiger partial charge in [-0.3, -0.25) is 0 Å². The Bertz CT molecular complexity index is 238. The molecule has 0 rings (SSSR count). The van der Waals surface area contributed by atoms with Gasteiger partial charge in [-0.15, -0.1) is 11.6 Å². The Hall–Kier alpha value is 0.160. The zero-order chi connectivity index (χ0) is 10.5. The minimum atomic E-state index is -3.42. The molecule has 0 saturated carbocycles. The molecule has 80 valence electrons. The Morgan fingerprint density at radius 3 is 2.46 bits per heavy atom. The largest absolute Gasteiger partial charge is 0.389 e. The fraction of sp³-hybridized carbons (Fsp3) is 1.00. The second kappa shape index (κ2) is 5.14. The highest BCUT2D eigenvalue weighted by atomic mass is 35.5. The van der Waals surface area contributed by atoms with Crippen molar-refractivity contribution in [2.45, 2.75) is 32.3 Å². The smallest absolute Gasteiger partial charge is 0.225 e. The zero-order valence-electron chi connectivity index (χ0n) is 7.88. The monoisotopic (exact) mass is 229 g/mol. The van der Waals surface area contributed by atoms with Gasteiger partial charge in [0.25, 0.3) is 0 Å². The van der Waals surface area contributed by atoms with E-state index in [4.69, 9.17) is 11.6 Å². The van der Waals surface area contributed by atoms with Gasteiger partial charge in [0, 0.05) is 6.54 Å². The number of hydrogen-bond donors (Lipinski definition) is 2. The van der Waals surface area contributed by atoms with Crippen LogP contribution in [0.5, 0.6) is 0 Å². The summed E-state index contributed by atoms with van der Waals surface area (Å²) < 4.78 is 24.0. The van der Waals surface area contributed by atoms with Gasteiger partial charge in [-0.25, -0.2) is 13.1 Å². The lowest BCUT2D eigenvalue weighted by molar-refractivity contribution is 0.0555. The van der Waals surface area contributed by atoms with Crippen LogP contribution < -0.4 is 4.72 Å². The molecule has 0 heterocycles. The number of alkyl halides is 1. The quantitative estimate of drug-likeness (QED) is 0.658. The molecular formula is C7H16ClNO3S. The first-order valence-corrected chi connectivity index (χ1v) is 6.27. The highest BCUT2D eigenvalue weighted by Crippen LogP contribution is 2.10. The summed E-state index contributed by atoms with van der Waals surface area (Å²) >= 11 is 5.17. The van der Waals surface area contributed by atoms with Gasteiger partial charge in [-0.2, -0.15) is 0 Å². The molecule has 0 aromatic carbocycles. The Kier molecular flexibility index (Phi) is 5.21. The Morgan fingerprint density at radius 2 is 2.08 bits per heavy atom. The van der Waals surface area contributed by atoms with Gasteiger partial charge in [0.1, 0.15) is 5.21 Å². The van der Waals surface area contributed by atoms with Crippen LogP contribution in [0.15, 0.2) is 0 Å². The lowest BCUT2D eigenvalue weighted by Crippen LogP contribution is -2.40. The molecule has 0 saturated heterocycles. The number of halogens is 1. The molecule has 0 bridgehead atoms. The van der Waals surface area contributed by atoms with Crippen molar-refractivity contribution in [3.63, 3.8) is 0 Å². The number of nitrogens with one attached hydrogen (secondary N) is 1. The van der Waals surface area contributed by atoms with Crippen LogP contribution in [-0.2, 0) is 10.0 Å². The minimum Gasteiger partial charge on any atom is -0.389 e. The molecule has 0 fully saturated rings. The first-order valence-electron chi connectivity index (χ1n) is 4.08. The van der Waals surface area contributed by atoms with E-state index < -0.39 is 20.8 Å². The minimum absolute atomic E-state index is 0.00981. The normalized spacial score (nSPS) is 16.9. The molecule has 0 aliphatic carbocycles. The second-order valence-electron chi connectivity index (χ2n) is 3.29. The lowest BCUT2D eigenvalue weighted by Gasteiger charge is -2.22. The molecule has 0 spiro atoms. The average molecular weight is 230 g/mol. The summed E-state index contributed by atoms with van der Waals surface area (Å²) in [4.78, 5) is 0. The predicted octanol–water partition coefficient (Wildman–Crippen LogP) is 0.653. The van der Waals surface area contributed by atoms with E-state index in [1.54, 1.807) is 6.92 Å². The number of rotatable bonds is 6. The molecule has 2 N–H and O–H groups in total. The van der Waals surface area contributed by atoms with Crippen molar-refractivity contribution in [2.24, 2.45) is 0 Å². The number of sulfonamides is 1. The first kappa shape index (κ1) is 13.2. The van der Waals surface area contributed by atoms with E-state index in [0.717, 1.165) is 6.42 Å². The van der Waals surface area contributed by atoms with Gasteiger partial charge < -0.3 is 5.11 Å². The third-order valence-electron chi connectivity index (χ3n) is 1.61. The van der Waals surface area contributed by atoms with E-state index in [0.29, 0.717) is 6.42 Å². The summed E-state index contributed by atoms with van der Waals surface area (Å²) in [5.74, 6) is 0. The maximum atomic E-state index is 10.9. The summed E-state index contributed by atoms with van der Waals surface area (Å²) in [6.07, 6.45) is 1.35. The molecule has 4 nitrogen and oxygen atoms in total. The van der Waals surface area contributed by atoms with Gasteiger partial charge >= 0.3 is 0 Å². The highest BCUT2D eigenvalue weighted by molar-refractivity contribution is 7.90. The first-order chi connectivity index (χ1) is 5.83. The molecule has 0 aliphatic rings. The van der Waals surface area contributed by atoms with E-state index in [1.165, 1.54) is 0 Å². The molecular weight excluding hydrogens is 214 g/mol. The van der Waals surface area contributed by atoms with Crippen LogP contribution >= 0.6 is 11.6 Å². The number of aliphatic hydroxyl groups is 1. The van der Waals surface area contributed by atoms with E-state index in [2.05, 4.69) is 4.72 Å². The summed E-state index contributed by atoms with van der Waals surface area (Å²) in [7, 11) is -3.42. The van der Waals surface area contributed by atoms with Crippen molar-refractivity contribution < 1.29 is 13.5 Å². The third kappa shape index (κ3) is 6.26. The fourth-order valence-corrected chi connectivity index (χ4v) is 1.77. The molecule has 0 aromatic heterocycles. The van der Waals surface area contributed by atoms with Crippen LogP contribution in [-0.4, -0.2) is 30.9 Å². The maximum Gasteiger partial charge on any atom is 0.225 e. The average Bonchev–Trinajstić information content (AvgIpc) is 2.02. The fourth-order valence-electron chi connectivity index (χ4n) is 0.931. The molecule has 13 heavy (non-hydrogen) atoms. The zero-order valence-corrected chi connectivity index (χ0v) is 9.45. The summed E-state index contributed by atoms with van der Waals surface area (Å²) in [5.41, 5.74) is -0.992. The summed E-state index contributed by atoms with van der Waals surface area (Å²) in [5, 5.41) is 9.13. The van der Waals surface area contributed by atoms with Crippen LogP contribution in [0.3, 0.4) is 0 Å². The third-order valence-corrected chi connectivity index (χ3v) is 3.34. The van der Waals surface area contributed by atoms with Gasteiger partial charge in [-0.1, -0.05) is 13.3 Å². The van der Waals surface area contributed by atoms with Crippen molar-refractivity contribution in [3.05, 3.63) is 0 Å². The molecule has 0 aromatic rings. The van der Waals surface area contributed by atoms with Crippen LogP contribution in [0, 0.1) is 0 Å². The van der Waals surface area contributed by atoms with Crippen LogP contribution in [0.4, 0.5) is 0 Å². The van der Waals surface area contributed by atoms with Gasteiger partial charge in [0.15, 0.2) is 0 Å². The SMILES string of the molecule is CCCC(C)(O)CNS(=O)(=O)CCl. The van der Waals surface area contributed by atoms with E-state index >= 15 is 0 Å². The lowest BCUT2D eigenvalue weighted by atomic mass is 10.0. The molecule has 0 radical (unpaired) electrons. The van der Waals surface area contributed by atoms with Crippen LogP contribution in [0.1, 0.15) is 26.7 Å². The van der Waals surface area contributed by atoms with E-state index in [1.807, 2.05) is 6.92 Å². The molecule has 0 aliphatic heterocycles. The van der Waals surface area contributed by atoms with Crippen molar-refractivity contribution >= 4 is 21.6 Å². The van der Waals surface area contributed by atoms with Gasteiger partial charge in [0.05, 0.1) is 5.60 Å². The topological polar surface area (TPSA) is 66.4 Å². The summed E-state index contributed by atoms with van der Waals surface area (Å²) in [6.45, 7) is 3.52. The highest BCUT2D eigenvalue weighted by Gasteiger charge is 2.21. The molecule has 6 heteroatoms. The van der Waals surface area contributed by atoms with Crippen molar-refractivity contribution in [3.8, 4) is 0 Å². The van der Waals surface area contributed by atoms with E-state index in [-0.39, 0.29) is 6.54 Å². The number of hydrogen-bond acceptors (Lipinski definition) is 3. The Morgan fingerprint density at radius 1 is 1.54 bits per heavy atom. The van der Waals surface area contributed by atoms with Crippen LogP contribution in [0.25, 0.3) is 0 Å².